The summed E-state index contributed by atoms with van der Waals surface area (Å²) in [6.45, 7) is 5.39. The van der Waals surface area contributed by atoms with Gasteiger partial charge in [-0.15, -0.1) is 0 Å². The van der Waals surface area contributed by atoms with Crippen LogP contribution in [0.4, 0.5) is 0 Å². The first-order valence-corrected chi connectivity index (χ1v) is 8.52. The maximum atomic E-state index is 11.9. The predicted molar refractivity (Wildman–Crippen MR) is 96.9 cm³/mol. The summed E-state index contributed by atoms with van der Waals surface area (Å²) in [6.07, 6.45) is 0.814. The van der Waals surface area contributed by atoms with Crippen LogP contribution in [0, 0.1) is 0 Å². The van der Waals surface area contributed by atoms with Crippen molar-refractivity contribution in [2.75, 3.05) is 39.9 Å². The van der Waals surface area contributed by atoms with Gasteiger partial charge in [0.1, 0.15) is 0 Å². The van der Waals surface area contributed by atoms with Gasteiger partial charge >= 0.3 is 0 Å². The van der Waals surface area contributed by atoms with Gasteiger partial charge in [-0.25, -0.2) is 0 Å². The Balaban J connectivity index is 2.14. The van der Waals surface area contributed by atoms with E-state index < -0.39 is 0 Å². The molecular weight excluding hydrogens is 360 g/mol. The molecule has 0 fully saturated rings. The second kappa shape index (κ2) is 11.9. The normalized spacial score (nSPS) is 11.2. The fraction of sp³-hybridized carbons (Fsp3) is 0.500. The minimum Gasteiger partial charge on any atom is -0.380 e. The molecule has 23 heavy (non-hydrogen) atoms. The van der Waals surface area contributed by atoms with Crippen LogP contribution in [-0.4, -0.2) is 51.8 Å². The van der Waals surface area contributed by atoms with Crippen LogP contribution in [0.3, 0.4) is 0 Å². The van der Waals surface area contributed by atoms with Crippen LogP contribution in [0.15, 0.2) is 33.7 Å². The van der Waals surface area contributed by atoms with E-state index in [2.05, 4.69) is 36.9 Å². The zero-order chi connectivity index (χ0) is 16.9. The van der Waals surface area contributed by atoms with Crippen LogP contribution in [0.25, 0.3) is 0 Å². The van der Waals surface area contributed by atoms with Crippen molar-refractivity contribution >= 4 is 27.8 Å². The van der Waals surface area contributed by atoms with Gasteiger partial charge in [-0.1, -0.05) is 15.9 Å². The zero-order valence-electron chi connectivity index (χ0n) is 13.7. The lowest BCUT2D eigenvalue weighted by atomic mass is 10.2. The highest BCUT2D eigenvalue weighted by Gasteiger charge is 2.04. The summed E-state index contributed by atoms with van der Waals surface area (Å²) < 4.78 is 6.21. The van der Waals surface area contributed by atoms with Crippen LogP contribution in [0.5, 0.6) is 0 Å². The van der Waals surface area contributed by atoms with E-state index in [0.29, 0.717) is 31.9 Å². The fourth-order valence-corrected chi connectivity index (χ4v) is 2.07. The molecule has 0 unspecified atom stereocenters. The number of halogens is 1. The summed E-state index contributed by atoms with van der Waals surface area (Å²) in [5, 5.41) is 9.25. The Labute approximate surface area is 146 Å². The molecule has 0 heterocycles. The average molecular weight is 385 g/mol. The number of benzene rings is 1. The van der Waals surface area contributed by atoms with Gasteiger partial charge in [0.15, 0.2) is 5.96 Å². The van der Waals surface area contributed by atoms with Gasteiger partial charge in [-0.05, 0) is 37.6 Å². The van der Waals surface area contributed by atoms with Crippen molar-refractivity contribution < 1.29 is 9.53 Å². The van der Waals surface area contributed by atoms with Gasteiger partial charge in [-0.3, -0.25) is 9.79 Å². The molecule has 128 valence electrons. The zero-order valence-corrected chi connectivity index (χ0v) is 15.3. The Morgan fingerprint density at radius 3 is 2.43 bits per heavy atom. The quantitative estimate of drug-likeness (QED) is 0.344. The lowest BCUT2D eigenvalue weighted by Crippen LogP contribution is -2.40. The number of nitrogens with one attached hydrogen (secondary N) is 3. The summed E-state index contributed by atoms with van der Waals surface area (Å²) in [5.41, 5.74) is 0.662. The molecule has 6 nitrogen and oxygen atoms in total. The molecule has 1 amide bonds. The van der Waals surface area contributed by atoms with Gasteiger partial charge in [0.25, 0.3) is 5.91 Å². The summed E-state index contributed by atoms with van der Waals surface area (Å²) in [6, 6.07) is 7.30. The molecule has 0 spiro atoms. The predicted octanol–water partition coefficient (Wildman–Crippen LogP) is 1.77. The second-order valence-corrected chi connectivity index (χ2v) is 5.65. The molecule has 0 aliphatic carbocycles. The van der Waals surface area contributed by atoms with E-state index in [9.17, 15) is 4.79 Å². The van der Waals surface area contributed by atoms with Crippen LogP contribution in [0.2, 0.25) is 0 Å². The molecule has 0 aliphatic heterocycles. The minimum absolute atomic E-state index is 0.0586. The molecule has 3 N–H and O–H groups in total. The standard InChI is InChI=1S/C16H25BrN4O2/c1-3-23-12-11-21-16(18-2)20-10-4-9-19-15(22)13-5-7-14(17)8-6-13/h5-8H,3-4,9-12H2,1-2H3,(H,19,22)(H2,18,20,21). The minimum atomic E-state index is -0.0586. The van der Waals surface area contributed by atoms with Crippen LogP contribution in [-0.2, 0) is 4.74 Å². The lowest BCUT2D eigenvalue weighted by Gasteiger charge is -2.12. The first-order valence-electron chi connectivity index (χ1n) is 7.73. The topological polar surface area (TPSA) is 74.8 Å². The largest absolute Gasteiger partial charge is 0.380 e. The molecule has 0 aliphatic rings. The highest BCUT2D eigenvalue weighted by molar-refractivity contribution is 9.10. The van der Waals surface area contributed by atoms with Crippen molar-refractivity contribution in [2.24, 2.45) is 4.99 Å². The van der Waals surface area contributed by atoms with E-state index in [1.807, 2.05) is 19.1 Å². The maximum absolute atomic E-state index is 11.9. The van der Waals surface area contributed by atoms with Crippen molar-refractivity contribution in [2.45, 2.75) is 13.3 Å². The third-order valence-electron chi connectivity index (χ3n) is 3.00. The first-order chi connectivity index (χ1) is 11.2. The van der Waals surface area contributed by atoms with Crippen molar-refractivity contribution in [1.82, 2.24) is 16.0 Å². The molecule has 0 aromatic heterocycles. The highest BCUT2D eigenvalue weighted by Crippen LogP contribution is 2.10. The first kappa shape index (κ1) is 19.4. The maximum Gasteiger partial charge on any atom is 0.251 e. The number of nitrogens with zero attached hydrogens (tertiary/aromatic N) is 1. The fourth-order valence-electron chi connectivity index (χ4n) is 1.81. The summed E-state index contributed by atoms with van der Waals surface area (Å²) >= 11 is 3.35. The van der Waals surface area contributed by atoms with Gasteiger partial charge < -0.3 is 20.7 Å². The Bertz CT molecular complexity index is 491. The Morgan fingerprint density at radius 2 is 1.78 bits per heavy atom. The molecule has 0 atom stereocenters. The monoisotopic (exact) mass is 384 g/mol. The second-order valence-electron chi connectivity index (χ2n) is 4.74. The Morgan fingerprint density at radius 1 is 1.13 bits per heavy atom. The number of ether oxygens (including phenoxy) is 1. The smallest absolute Gasteiger partial charge is 0.251 e. The molecule has 1 rings (SSSR count). The highest BCUT2D eigenvalue weighted by atomic mass is 79.9. The molecule has 0 bridgehead atoms. The third-order valence-corrected chi connectivity index (χ3v) is 3.53. The van der Waals surface area contributed by atoms with Crippen molar-refractivity contribution in [1.29, 1.82) is 0 Å². The number of carbonyl (C=O) groups excluding carboxylic acids is 1. The van der Waals surface area contributed by atoms with Crippen LogP contribution >= 0.6 is 15.9 Å². The Kier molecular flexibility index (Phi) is 10.1. The van der Waals surface area contributed by atoms with Crippen LogP contribution in [0.1, 0.15) is 23.7 Å². The van der Waals surface area contributed by atoms with Gasteiger partial charge in [0, 0.05) is 43.3 Å². The van der Waals surface area contributed by atoms with E-state index in [-0.39, 0.29) is 5.91 Å². The molecule has 0 saturated carbocycles. The molecule has 1 aromatic rings. The van der Waals surface area contributed by atoms with E-state index in [1.165, 1.54) is 0 Å². The number of hydrogen-bond donors (Lipinski definition) is 3. The summed E-state index contributed by atoms with van der Waals surface area (Å²) in [5.74, 6) is 0.681. The average Bonchev–Trinajstić information content (AvgIpc) is 2.57. The molecule has 0 radical (unpaired) electrons. The Hall–Kier alpha value is -1.60. The number of amides is 1. The van der Waals surface area contributed by atoms with E-state index in [4.69, 9.17) is 4.74 Å². The van der Waals surface area contributed by atoms with E-state index in [1.54, 1.807) is 19.2 Å². The van der Waals surface area contributed by atoms with Gasteiger partial charge in [0.05, 0.1) is 6.61 Å². The SMILES string of the molecule is CCOCCNC(=NC)NCCCNC(=O)c1ccc(Br)cc1. The number of aliphatic imine (C=N–C) groups is 1. The number of carbonyl (C=O) groups is 1. The van der Waals surface area contributed by atoms with Gasteiger partial charge in [-0.2, -0.15) is 0 Å². The van der Waals surface area contributed by atoms with E-state index >= 15 is 0 Å². The van der Waals surface area contributed by atoms with Crippen molar-refractivity contribution in [3.63, 3.8) is 0 Å². The summed E-state index contributed by atoms with van der Waals surface area (Å²) in [4.78, 5) is 16.0. The number of hydrogen-bond acceptors (Lipinski definition) is 3. The van der Waals surface area contributed by atoms with Gasteiger partial charge in [0.2, 0.25) is 0 Å². The van der Waals surface area contributed by atoms with Crippen LogP contribution < -0.4 is 16.0 Å². The third kappa shape index (κ3) is 8.56. The van der Waals surface area contributed by atoms with E-state index in [0.717, 1.165) is 23.4 Å². The number of rotatable bonds is 9. The van der Waals surface area contributed by atoms with Crippen molar-refractivity contribution in [3.8, 4) is 0 Å². The summed E-state index contributed by atoms with van der Waals surface area (Å²) in [7, 11) is 1.73. The molecule has 1 aromatic carbocycles. The lowest BCUT2D eigenvalue weighted by molar-refractivity contribution is 0.0953. The molecule has 0 saturated heterocycles. The molecular formula is C16H25BrN4O2. The number of guanidine groups is 1. The van der Waals surface area contributed by atoms with Crippen molar-refractivity contribution in [3.05, 3.63) is 34.3 Å². The molecule has 7 heteroatoms.